The third-order valence-corrected chi connectivity index (χ3v) is 3.67. The third kappa shape index (κ3) is 3.15. The van der Waals surface area contributed by atoms with Crippen molar-refractivity contribution in [3.63, 3.8) is 0 Å². The van der Waals surface area contributed by atoms with Crippen LogP contribution in [0.1, 0.15) is 26.2 Å². The Morgan fingerprint density at radius 1 is 1.50 bits per heavy atom. The van der Waals surface area contributed by atoms with E-state index < -0.39 is 0 Å². The minimum Gasteiger partial charge on any atom is -0.366 e. The zero-order valence-electron chi connectivity index (χ0n) is 10.8. The molecule has 0 amide bonds. The number of hydrogen-bond acceptors (Lipinski definition) is 2. The summed E-state index contributed by atoms with van der Waals surface area (Å²) < 4.78 is 13.9. The summed E-state index contributed by atoms with van der Waals surface area (Å²) in [7, 11) is 0. The fourth-order valence-electron chi connectivity index (χ4n) is 2.53. The Morgan fingerprint density at radius 2 is 2.33 bits per heavy atom. The van der Waals surface area contributed by atoms with Crippen LogP contribution in [-0.2, 0) is 0 Å². The molecule has 1 fully saturated rings. The lowest BCUT2D eigenvalue weighted by Crippen LogP contribution is -2.38. The van der Waals surface area contributed by atoms with E-state index in [-0.39, 0.29) is 5.82 Å². The van der Waals surface area contributed by atoms with E-state index in [9.17, 15) is 4.39 Å². The van der Waals surface area contributed by atoms with Crippen LogP contribution in [0.2, 0.25) is 5.02 Å². The molecule has 100 valence electrons. The average molecular weight is 271 g/mol. The molecule has 0 radical (unpaired) electrons. The number of halogens is 2. The largest absolute Gasteiger partial charge is 0.366 e. The fraction of sp³-hybridized carbons (Fsp3) is 0.571. The van der Waals surface area contributed by atoms with Crippen LogP contribution in [-0.4, -0.2) is 25.7 Å². The molecule has 0 bridgehead atoms. The van der Waals surface area contributed by atoms with Crippen LogP contribution in [0.15, 0.2) is 18.2 Å². The molecule has 0 aromatic heterocycles. The Hall–Kier alpha value is -0.800. The standard InChI is InChI=1S/C14H20ClFN2/c1-2-5-11-10-18(9-4-8-17-11)14-12(15)6-3-7-13(14)16/h3,6-7,11,17H,2,4-5,8-10H2,1H3. The van der Waals surface area contributed by atoms with Crippen molar-refractivity contribution in [3.05, 3.63) is 29.0 Å². The quantitative estimate of drug-likeness (QED) is 0.905. The van der Waals surface area contributed by atoms with Crippen LogP contribution in [0, 0.1) is 5.82 Å². The highest BCUT2D eigenvalue weighted by Gasteiger charge is 2.21. The molecule has 0 saturated carbocycles. The van der Waals surface area contributed by atoms with Gasteiger partial charge in [0.25, 0.3) is 0 Å². The molecule has 1 heterocycles. The minimum absolute atomic E-state index is 0.223. The summed E-state index contributed by atoms with van der Waals surface area (Å²) in [4.78, 5) is 2.08. The van der Waals surface area contributed by atoms with Gasteiger partial charge in [0.15, 0.2) is 0 Å². The van der Waals surface area contributed by atoms with E-state index in [1.807, 2.05) is 0 Å². The maximum Gasteiger partial charge on any atom is 0.148 e. The van der Waals surface area contributed by atoms with Crippen LogP contribution >= 0.6 is 11.6 Å². The summed E-state index contributed by atoms with van der Waals surface area (Å²) in [6.45, 7) is 4.85. The smallest absolute Gasteiger partial charge is 0.148 e. The first-order valence-electron chi connectivity index (χ1n) is 6.64. The van der Waals surface area contributed by atoms with Crippen LogP contribution in [0.4, 0.5) is 10.1 Å². The summed E-state index contributed by atoms with van der Waals surface area (Å²) in [6, 6.07) is 5.32. The highest BCUT2D eigenvalue weighted by Crippen LogP contribution is 2.29. The van der Waals surface area contributed by atoms with Gasteiger partial charge in [-0.05, 0) is 31.5 Å². The van der Waals surface area contributed by atoms with Gasteiger partial charge in [-0.1, -0.05) is 31.0 Å². The van der Waals surface area contributed by atoms with Crippen molar-refractivity contribution < 1.29 is 4.39 Å². The van der Waals surface area contributed by atoms with Crippen LogP contribution in [0.5, 0.6) is 0 Å². The van der Waals surface area contributed by atoms with Crippen molar-refractivity contribution in [1.82, 2.24) is 5.32 Å². The normalized spacial score (nSPS) is 20.8. The Morgan fingerprint density at radius 3 is 3.06 bits per heavy atom. The first kappa shape index (κ1) is 13.6. The monoisotopic (exact) mass is 270 g/mol. The van der Waals surface area contributed by atoms with E-state index in [4.69, 9.17) is 11.6 Å². The van der Waals surface area contributed by atoms with Gasteiger partial charge in [-0.25, -0.2) is 4.39 Å². The Kier molecular flexibility index (Phi) is 4.84. The Bertz CT molecular complexity index is 377. The summed E-state index contributed by atoms with van der Waals surface area (Å²) in [5.74, 6) is -0.223. The fourth-order valence-corrected chi connectivity index (χ4v) is 2.82. The lowest BCUT2D eigenvalue weighted by molar-refractivity contribution is 0.500. The van der Waals surface area contributed by atoms with Gasteiger partial charge in [-0.15, -0.1) is 0 Å². The van der Waals surface area contributed by atoms with E-state index in [2.05, 4.69) is 17.1 Å². The van der Waals surface area contributed by atoms with Gasteiger partial charge < -0.3 is 10.2 Å². The zero-order chi connectivity index (χ0) is 13.0. The molecule has 1 unspecified atom stereocenters. The molecule has 1 aromatic carbocycles. The number of hydrogen-bond donors (Lipinski definition) is 1. The Balaban J connectivity index is 2.20. The highest BCUT2D eigenvalue weighted by molar-refractivity contribution is 6.33. The van der Waals surface area contributed by atoms with E-state index in [1.165, 1.54) is 6.07 Å². The number of rotatable bonds is 3. The van der Waals surface area contributed by atoms with Gasteiger partial charge in [-0.3, -0.25) is 0 Å². The number of nitrogens with one attached hydrogen (secondary N) is 1. The van der Waals surface area contributed by atoms with E-state index >= 15 is 0 Å². The SMILES string of the molecule is CCCC1CN(c2c(F)cccc2Cl)CCCN1. The molecule has 18 heavy (non-hydrogen) atoms. The number of benzene rings is 1. The predicted molar refractivity (Wildman–Crippen MR) is 74.9 cm³/mol. The van der Waals surface area contributed by atoms with E-state index in [1.54, 1.807) is 12.1 Å². The lowest BCUT2D eigenvalue weighted by Gasteiger charge is -2.27. The molecule has 1 aromatic rings. The number of para-hydroxylation sites is 1. The molecule has 1 N–H and O–H groups in total. The molecule has 1 atom stereocenters. The molecule has 1 saturated heterocycles. The maximum atomic E-state index is 13.9. The van der Waals surface area contributed by atoms with Crippen molar-refractivity contribution >= 4 is 17.3 Å². The number of nitrogens with zero attached hydrogens (tertiary/aromatic N) is 1. The molecule has 4 heteroatoms. The van der Waals surface area contributed by atoms with E-state index in [0.717, 1.165) is 38.9 Å². The topological polar surface area (TPSA) is 15.3 Å². The molecule has 0 spiro atoms. The van der Waals surface area contributed by atoms with Crippen molar-refractivity contribution in [2.24, 2.45) is 0 Å². The lowest BCUT2D eigenvalue weighted by atomic mass is 10.1. The predicted octanol–water partition coefficient (Wildman–Crippen LogP) is 3.45. The molecule has 1 aliphatic rings. The van der Waals surface area contributed by atoms with Gasteiger partial charge in [-0.2, -0.15) is 0 Å². The van der Waals surface area contributed by atoms with Crippen molar-refractivity contribution in [2.75, 3.05) is 24.5 Å². The summed E-state index contributed by atoms with van der Waals surface area (Å²) in [5, 5.41) is 4.02. The first-order valence-corrected chi connectivity index (χ1v) is 7.02. The molecule has 0 aliphatic carbocycles. The molecular formula is C14H20ClFN2. The van der Waals surface area contributed by atoms with Gasteiger partial charge >= 0.3 is 0 Å². The van der Waals surface area contributed by atoms with Crippen molar-refractivity contribution in [1.29, 1.82) is 0 Å². The second-order valence-corrected chi connectivity index (χ2v) is 5.22. The maximum absolute atomic E-state index is 13.9. The third-order valence-electron chi connectivity index (χ3n) is 3.37. The Labute approximate surface area is 113 Å². The van der Waals surface area contributed by atoms with Gasteiger partial charge in [0.1, 0.15) is 5.82 Å². The van der Waals surface area contributed by atoms with Crippen LogP contribution < -0.4 is 10.2 Å². The molecule has 2 nitrogen and oxygen atoms in total. The van der Waals surface area contributed by atoms with Gasteiger partial charge in [0.2, 0.25) is 0 Å². The van der Waals surface area contributed by atoms with Gasteiger partial charge in [0, 0.05) is 19.1 Å². The average Bonchev–Trinajstić information content (AvgIpc) is 2.55. The highest BCUT2D eigenvalue weighted by atomic mass is 35.5. The zero-order valence-corrected chi connectivity index (χ0v) is 11.5. The molecule has 1 aliphatic heterocycles. The summed E-state index contributed by atoms with van der Waals surface area (Å²) in [5.41, 5.74) is 0.559. The van der Waals surface area contributed by atoms with Crippen molar-refractivity contribution in [2.45, 2.75) is 32.2 Å². The molecule has 2 rings (SSSR count). The summed E-state index contributed by atoms with van der Waals surface area (Å²) in [6.07, 6.45) is 3.27. The molecular weight excluding hydrogens is 251 g/mol. The minimum atomic E-state index is -0.223. The van der Waals surface area contributed by atoms with Gasteiger partial charge in [0.05, 0.1) is 10.7 Å². The second-order valence-electron chi connectivity index (χ2n) is 4.81. The van der Waals surface area contributed by atoms with Crippen LogP contribution in [0.25, 0.3) is 0 Å². The second kappa shape index (κ2) is 6.39. The van der Waals surface area contributed by atoms with Crippen LogP contribution in [0.3, 0.4) is 0 Å². The van der Waals surface area contributed by atoms with Crippen molar-refractivity contribution in [3.8, 4) is 0 Å². The number of anilines is 1. The first-order chi connectivity index (χ1) is 8.72. The summed E-state index contributed by atoms with van der Waals surface area (Å²) >= 11 is 6.14. The van der Waals surface area contributed by atoms with E-state index in [0.29, 0.717) is 16.8 Å².